The number of nitrogens with zero attached hydrogens (tertiary/aromatic N) is 2. The summed E-state index contributed by atoms with van der Waals surface area (Å²) in [5, 5.41) is 16.7. The van der Waals surface area contributed by atoms with Gasteiger partial charge in [0.15, 0.2) is 5.84 Å². The van der Waals surface area contributed by atoms with Gasteiger partial charge in [-0.05, 0) is 13.3 Å². The van der Waals surface area contributed by atoms with Gasteiger partial charge in [-0.15, -0.1) is 11.3 Å². The van der Waals surface area contributed by atoms with E-state index in [0.29, 0.717) is 12.1 Å². The quantitative estimate of drug-likeness (QED) is 0.318. The lowest BCUT2D eigenvalue weighted by Crippen LogP contribution is -2.44. The number of aryl methyl sites for hydroxylation is 1. The molecule has 0 aromatic carbocycles. The summed E-state index contributed by atoms with van der Waals surface area (Å²) < 4.78 is 0. The van der Waals surface area contributed by atoms with Crippen molar-refractivity contribution in [3.63, 3.8) is 0 Å². The zero-order valence-corrected chi connectivity index (χ0v) is 10.6. The molecule has 1 amide bonds. The monoisotopic (exact) mass is 256 g/mol. The van der Waals surface area contributed by atoms with Crippen LogP contribution in [0.15, 0.2) is 10.5 Å². The first-order valence-electron chi connectivity index (χ1n) is 5.28. The third kappa shape index (κ3) is 3.70. The number of aromatic nitrogens is 1. The van der Waals surface area contributed by atoms with Crippen LogP contribution in [-0.4, -0.2) is 28.0 Å². The Morgan fingerprint density at radius 2 is 2.47 bits per heavy atom. The molecule has 0 saturated heterocycles. The standard InChI is InChI=1S/C10H16N4O2S/c1-3-4-7(9(11)14-16)13-10(15)8-5-17-6(2)12-8/h5,7,16H,3-4H2,1-2H3,(H2,11,14)(H,13,15). The van der Waals surface area contributed by atoms with Gasteiger partial charge in [-0.2, -0.15) is 0 Å². The molecule has 4 N–H and O–H groups in total. The number of amides is 1. The zero-order valence-electron chi connectivity index (χ0n) is 9.80. The molecule has 1 rings (SSSR count). The van der Waals surface area contributed by atoms with E-state index in [1.54, 1.807) is 5.38 Å². The van der Waals surface area contributed by atoms with E-state index in [4.69, 9.17) is 10.9 Å². The van der Waals surface area contributed by atoms with E-state index >= 15 is 0 Å². The van der Waals surface area contributed by atoms with Crippen LogP contribution in [0, 0.1) is 6.92 Å². The van der Waals surface area contributed by atoms with Crippen LogP contribution in [0.4, 0.5) is 0 Å². The molecule has 0 spiro atoms. The van der Waals surface area contributed by atoms with Gasteiger partial charge in [-0.25, -0.2) is 4.98 Å². The number of hydrogen-bond donors (Lipinski definition) is 3. The van der Waals surface area contributed by atoms with E-state index < -0.39 is 6.04 Å². The number of nitrogens with one attached hydrogen (secondary N) is 1. The van der Waals surface area contributed by atoms with Crippen molar-refractivity contribution in [2.75, 3.05) is 0 Å². The molecular weight excluding hydrogens is 240 g/mol. The lowest BCUT2D eigenvalue weighted by Gasteiger charge is -2.15. The average molecular weight is 256 g/mol. The van der Waals surface area contributed by atoms with Crippen molar-refractivity contribution < 1.29 is 10.0 Å². The largest absolute Gasteiger partial charge is 0.409 e. The Morgan fingerprint density at radius 1 is 1.76 bits per heavy atom. The SMILES string of the molecule is CCCC(NC(=O)c1csc(C)n1)C(N)=NO. The molecule has 94 valence electrons. The predicted octanol–water partition coefficient (Wildman–Crippen LogP) is 1.10. The minimum absolute atomic E-state index is 0.00662. The highest BCUT2D eigenvalue weighted by atomic mass is 32.1. The van der Waals surface area contributed by atoms with Gasteiger partial charge >= 0.3 is 0 Å². The van der Waals surface area contributed by atoms with E-state index in [0.717, 1.165) is 11.4 Å². The van der Waals surface area contributed by atoms with Crippen molar-refractivity contribution in [3.05, 3.63) is 16.1 Å². The molecule has 0 aliphatic carbocycles. The minimum atomic E-state index is -0.459. The summed E-state index contributed by atoms with van der Waals surface area (Å²) >= 11 is 1.40. The first kappa shape index (κ1) is 13.4. The molecule has 1 aromatic heterocycles. The van der Waals surface area contributed by atoms with Crippen molar-refractivity contribution >= 4 is 23.1 Å². The van der Waals surface area contributed by atoms with Crippen LogP contribution >= 0.6 is 11.3 Å². The van der Waals surface area contributed by atoms with Gasteiger partial charge in [-0.1, -0.05) is 18.5 Å². The fourth-order valence-corrected chi connectivity index (χ4v) is 1.95. The van der Waals surface area contributed by atoms with Crippen LogP contribution in [0.1, 0.15) is 35.3 Å². The highest BCUT2D eigenvalue weighted by Gasteiger charge is 2.18. The lowest BCUT2D eigenvalue weighted by atomic mass is 10.1. The van der Waals surface area contributed by atoms with Gasteiger partial charge < -0.3 is 16.3 Å². The molecule has 0 bridgehead atoms. The number of thiazole rings is 1. The first-order chi connectivity index (χ1) is 8.08. The van der Waals surface area contributed by atoms with E-state index in [9.17, 15) is 4.79 Å². The van der Waals surface area contributed by atoms with E-state index in [1.165, 1.54) is 11.3 Å². The number of oxime groups is 1. The fraction of sp³-hybridized carbons (Fsp3) is 0.500. The summed E-state index contributed by atoms with van der Waals surface area (Å²) in [6.45, 7) is 3.78. The number of nitrogens with two attached hydrogens (primary N) is 1. The second-order valence-corrected chi connectivity index (χ2v) is 4.65. The van der Waals surface area contributed by atoms with Gasteiger partial charge in [-0.3, -0.25) is 4.79 Å². The van der Waals surface area contributed by atoms with Crippen molar-refractivity contribution in [3.8, 4) is 0 Å². The Labute approximate surface area is 104 Å². The summed E-state index contributed by atoms with van der Waals surface area (Å²) in [5.74, 6) is -0.299. The molecule has 7 heteroatoms. The van der Waals surface area contributed by atoms with Crippen molar-refractivity contribution in [2.24, 2.45) is 10.9 Å². The van der Waals surface area contributed by atoms with Gasteiger partial charge in [0.25, 0.3) is 5.91 Å². The molecule has 1 unspecified atom stereocenters. The van der Waals surface area contributed by atoms with E-state index in [1.807, 2.05) is 13.8 Å². The Balaban J connectivity index is 2.70. The van der Waals surface area contributed by atoms with Gasteiger partial charge in [0.05, 0.1) is 11.0 Å². The summed E-state index contributed by atoms with van der Waals surface area (Å²) in [6.07, 6.45) is 1.43. The smallest absolute Gasteiger partial charge is 0.271 e. The number of amidine groups is 1. The Hall–Kier alpha value is -1.63. The third-order valence-electron chi connectivity index (χ3n) is 2.21. The van der Waals surface area contributed by atoms with Crippen LogP contribution < -0.4 is 11.1 Å². The average Bonchev–Trinajstić information content (AvgIpc) is 2.74. The second kappa shape index (κ2) is 6.19. The van der Waals surface area contributed by atoms with Crippen molar-refractivity contribution in [1.29, 1.82) is 0 Å². The zero-order chi connectivity index (χ0) is 12.8. The van der Waals surface area contributed by atoms with Crippen LogP contribution in [0.25, 0.3) is 0 Å². The molecule has 6 nitrogen and oxygen atoms in total. The van der Waals surface area contributed by atoms with Crippen molar-refractivity contribution in [1.82, 2.24) is 10.3 Å². The fourth-order valence-electron chi connectivity index (χ4n) is 1.35. The van der Waals surface area contributed by atoms with Crippen molar-refractivity contribution in [2.45, 2.75) is 32.7 Å². The van der Waals surface area contributed by atoms with E-state index in [-0.39, 0.29) is 11.7 Å². The van der Waals surface area contributed by atoms with E-state index in [2.05, 4.69) is 15.5 Å². The molecule has 0 fully saturated rings. The summed E-state index contributed by atoms with van der Waals surface area (Å²) in [7, 11) is 0. The molecule has 1 heterocycles. The minimum Gasteiger partial charge on any atom is -0.409 e. The summed E-state index contributed by atoms with van der Waals surface area (Å²) in [6, 6.07) is -0.459. The second-order valence-electron chi connectivity index (χ2n) is 3.59. The molecule has 1 atom stereocenters. The number of rotatable bonds is 5. The highest BCUT2D eigenvalue weighted by molar-refractivity contribution is 7.09. The maximum Gasteiger partial charge on any atom is 0.271 e. The first-order valence-corrected chi connectivity index (χ1v) is 6.16. The number of hydrogen-bond acceptors (Lipinski definition) is 5. The van der Waals surface area contributed by atoms with Crippen LogP contribution in [-0.2, 0) is 0 Å². The molecule has 1 aromatic rings. The van der Waals surface area contributed by atoms with Crippen LogP contribution in [0.2, 0.25) is 0 Å². The molecule has 0 saturated carbocycles. The third-order valence-corrected chi connectivity index (χ3v) is 2.98. The van der Waals surface area contributed by atoms with Gasteiger partial charge in [0.1, 0.15) is 5.69 Å². The molecule has 0 aliphatic rings. The normalized spacial score (nSPS) is 13.4. The topological polar surface area (TPSA) is 101 Å². The molecule has 17 heavy (non-hydrogen) atoms. The molecule has 0 aliphatic heterocycles. The highest BCUT2D eigenvalue weighted by Crippen LogP contribution is 2.08. The Kier molecular flexibility index (Phi) is 4.89. The molecule has 0 radical (unpaired) electrons. The van der Waals surface area contributed by atoms with Crippen LogP contribution in [0.5, 0.6) is 0 Å². The maximum absolute atomic E-state index is 11.8. The maximum atomic E-state index is 11.8. The van der Waals surface area contributed by atoms with Gasteiger partial charge in [0, 0.05) is 5.38 Å². The van der Waals surface area contributed by atoms with Gasteiger partial charge in [0.2, 0.25) is 0 Å². The number of carbonyl (C=O) groups excluding carboxylic acids is 1. The predicted molar refractivity (Wildman–Crippen MR) is 66.4 cm³/mol. The number of carbonyl (C=O) groups is 1. The Bertz CT molecular complexity index is 416. The lowest BCUT2D eigenvalue weighted by molar-refractivity contribution is 0.0940. The summed E-state index contributed by atoms with van der Waals surface area (Å²) in [5.41, 5.74) is 5.86. The van der Waals surface area contributed by atoms with Crippen LogP contribution in [0.3, 0.4) is 0 Å². The Morgan fingerprint density at radius 3 is 2.94 bits per heavy atom. The molecular formula is C10H16N4O2S. The summed E-state index contributed by atoms with van der Waals surface area (Å²) in [4.78, 5) is 15.9.